The van der Waals surface area contributed by atoms with E-state index in [0.717, 1.165) is 38.5 Å². The van der Waals surface area contributed by atoms with Crippen molar-refractivity contribution in [3.8, 4) is 11.5 Å². The van der Waals surface area contributed by atoms with Gasteiger partial charge in [0.15, 0.2) is 0 Å². The van der Waals surface area contributed by atoms with Crippen LogP contribution in [0.5, 0.6) is 11.5 Å². The third-order valence-electron chi connectivity index (χ3n) is 11.9. The molecule has 0 atom stereocenters. The van der Waals surface area contributed by atoms with Crippen LogP contribution in [-0.2, 0) is 38.4 Å². The number of para-hydroxylation sites is 2. The van der Waals surface area contributed by atoms with Crippen LogP contribution >= 0.6 is 0 Å². The van der Waals surface area contributed by atoms with Gasteiger partial charge in [-0.25, -0.2) is 29.0 Å². The molecule has 0 spiro atoms. The number of hydrogen-bond donors (Lipinski definition) is 0. The van der Waals surface area contributed by atoms with Crippen molar-refractivity contribution in [3.05, 3.63) is 60.7 Å². The zero-order valence-electron chi connectivity index (χ0n) is 39.4. The van der Waals surface area contributed by atoms with Crippen LogP contribution in [0.1, 0.15) is 171 Å². The molecule has 2 saturated heterocycles. The third-order valence-corrected chi connectivity index (χ3v) is 11.9. The van der Waals surface area contributed by atoms with E-state index in [9.17, 15) is 28.8 Å². The van der Waals surface area contributed by atoms with Crippen LogP contribution in [0.25, 0.3) is 0 Å². The molecule has 0 bridgehead atoms. The van der Waals surface area contributed by atoms with Gasteiger partial charge in [-0.3, -0.25) is 19.4 Å². The fraction of sp³-hybridized carbons (Fsp3) is 0.640. The Morgan fingerprint density at radius 3 is 0.984 bits per heavy atom. The van der Waals surface area contributed by atoms with Crippen LogP contribution in [0.2, 0.25) is 0 Å². The number of ether oxygens (including phenoxy) is 4. The van der Waals surface area contributed by atoms with Gasteiger partial charge in [0.1, 0.15) is 23.7 Å². The smallest absolute Gasteiger partial charge is 0.416 e. The number of nitrogens with zero attached hydrogens (tertiary/aromatic N) is 2. The van der Waals surface area contributed by atoms with E-state index in [0.29, 0.717) is 75.7 Å². The molecule has 2 fully saturated rings. The third kappa shape index (κ3) is 16.4. The quantitative estimate of drug-likeness (QED) is 0.0535. The van der Waals surface area contributed by atoms with E-state index >= 15 is 0 Å². The Labute approximate surface area is 379 Å². The lowest BCUT2D eigenvalue weighted by atomic mass is 9.78. The number of carbonyl (C=O) groups excluding carboxylic acids is 6. The molecule has 2 aromatic rings. The van der Waals surface area contributed by atoms with E-state index in [1.807, 2.05) is 91.8 Å². The van der Waals surface area contributed by atoms with Crippen molar-refractivity contribution in [1.29, 1.82) is 0 Å². The highest BCUT2D eigenvalue weighted by Crippen LogP contribution is 2.42. The molecule has 0 radical (unpaired) electrons. The van der Waals surface area contributed by atoms with Crippen molar-refractivity contribution in [1.82, 2.24) is 9.80 Å². The number of esters is 2. The molecule has 2 amide bonds. The summed E-state index contributed by atoms with van der Waals surface area (Å²) < 4.78 is 23.0. The first-order chi connectivity index (χ1) is 30.2. The van der Waals surface area contributed by atoms with Gasteiger partial charge < -0.3 is 18.9 Å². The van der Waals surface area contributed by atoms with Crippen molar-refractivity contribution >= 4 is 36.1 Å². The van der Waals surface area contributed by atoms with Gasteiger partial charge in [-0.15, -0.1) is 0 Å². The van der Waals surface area contributed by atoms with Crippen molar-refractivity contribution in [2.24, 2.45) is 0 Å². The summed E-state index contributed by atoms with van der Waals surface area (Å²) in [7, 11) is 0. The Morgan fingerprint density at radius 2 is 0.688 bits per heavy atom. The molecular formula is C50H72N2O12. The van der Waals surface area contributed by atoms with Crippen LogP contribution in [0.15, 0.2) is 60.7 Å². The highest BCUT2D eigenvalue weighted by Gasteiger charge is 2.51. The molecule has 2 aromatic carbocycles. The summed E-state index contributed by atoms with van der Waals surface area (Å²) in [6.45, 7) is 15.7. The standard InChI is InChI=1S/C50H72N2O12/c1-47(2)33-39(34-48(3,4)51(47)45(57)61-37-25-17-15-18-26-37)59-41(53)29-21-11-9-13-23-31-43(55)63-64-44(56)32-24-14-10-12-22-30-42(54)60-40-35-49(5,6)52(50(7,8)36-40)46(58)62-38-27-19-16-20-28-38/h15-20,25-28,39-40H,9-14,21-24,29-36H2,1-8H3. The highest BCUT2D eigenvalue weighted by atomic mass is 17.2. The van der Waals surface area contributed by atoms with Gasteiger partial charge in [0.2, 0.25) is 0 Å². The number of likely N-dealkylation sites (tertiary alicyclic amines) is 2. The summed E-state index contributed by atoms with van der Waals surface area (Å²) in [5.41, 5.74) is -2.37. The van der Waals surface area contributed by atoms with E-state index in [4.69, 9.17) is 28.7 Å². The first-order valence-electron chi connectivity index (χ1n) is 23.1. The lowest BCUT2D eigenvalue weighted by Gasteiger charge is -2.53. The minimum Gasteiger partial charge on any atom is -0.462 e. The van der Waals surface area contributed by atoms with Crippen LogP contribution in [-0.4, -0.2) is 80.2 Å². The summed E-state index contributed by atoms with van der Waals surface area (Å²) in [5, 5.41) is 0. The van der Waals surface area contributed by atoms with E-state index < -0.39 is 46.3 Å². The zero-order valence-corrected chi connectivity index (χ0v) is 39.4. The number of benzene rings is 2. The lowest BCUT2D eigenvalue weighted by molar-refractivity contribution is -0.259. The fourth-order valence-corrected chi connectivity index (χ4v) is 9.61. The Kier molecular flexibility index (Phi) is 19.1. The number of piperidine rings is 2. The van der Waals surface area contributed by atoms with Crippen LogP contribution in [0, 0.1) is 0 Å². The van der Waals surface area contributed by atoms with Crippen LogP contribution in [0.4, 0.5) is 9.59 Å². The van der Waals surface area contributed by atoms with Gasteiger partial charge >= 0.3 is 36.1 Å². The second-order valence-electron chi connectivity index (χ2n) is 19.8. The summed E-state index contributed by atoms with van der Waals surface area (Å²) in [6.07, 6.45) is 8.59. The molecule has 2 aliphatic heterocycles. The highest BCUT2D eigenvalue weighted by molar-refractivity contribution is 5.74. The van der Waals surface area contributed by atoms with Crippen LogP contribution < -0.4 is 9.47 Å². The molecule has 0 aliphatic carbocycles. The van der Waals surface area contributed by atoms with E-state index in [1.54, 1.807) is 34.1 Å². The molecule has 0 N–H and O–H groups in total. The SMILES string of the molecule is CC1(C)CC(OC(=O)CCCCCCCC(=O)OOC(=O)CCCCCCCC(=O)OC2CC(C)(C)N(C(=O)Oc3ccccc3)C(C)(C)C2)CC(C)(C)N1C(=O)Oc1ccccc1. The number of hydrogen-bond acceptors (Lipinski definition) is 12. The van der Waals surface area contributed by atoms with Gasteiger partial charge in [-0.2, -0.15) is 0 Å². The number of amides is 2. The minimum atomic E-state index is -0.600. The molecular weight excluding hydrogens is 821 g/mol. The molecule has 64 heavy (non-hydrogen) atoms. The summed E-state index contributed by atoms with van der Waals surface area (Å²) in [6, 6.07) is 17.9. The normalized spacial score (nSPS) is 17.8. The van der Waals surface area contributed by atoms with Crippen LogP contribution in [0.3, 0.4) is 0 Å². The second-order valence-corrected chi connectivity index (χ2v) is 19.8. The summed E-state index contributed by atoms with van der Waals surface area (Å²) in [4.78, 5) is 88.9. The summed E-state index contributed by atoms with van der Waals surface area (Å²) >= 11 is 0. The van der Waals surface area contributed by atoms with Gasteiger partial charge in [-0.1, -0.05) is 74.9 Å². The molecule has 0 unspecified atom stereocenters. The molecule has 14 nitrogen and oxygen atoms in total. The topological polar surface area (TPSA) is 164 Å². The maximum Gasteiger partial charge on any atom is 0.416 e. The molecule has 0 saturated carbocycles. The zero-order chi connectivity index (χ0) is 47.0. The molecule has 0 aromatic heterocycles. The largest absolute Gasteiger partial charge is 0.462 e. The Hall–Kier alpha value is -5.14. The molecule has 354 valence electrons. The monoisotopic (exact) mass is 893 g/mol. The predicted octanol–water partition coefficient (Wildman–Crippen LogP) is 11.0. The van der Waals surface area contributed by atoms with Gasteiger partial charge in [-0.05, 0) is 105 Å². The molecule has 14 heteroatoms. The minimum absolute atomic E-state index is 0.124. The van der Waals surface area contributed by atoms with Gasteiger partial charge in [0, 0.05) is 60.7 Å². The van der Waals surface area contributed by atoms with E-state index in [2.05, 4.69) is 0 Å². The summed E-state index contributed by atoms with van der Waals surface area (Å²) in [5.74, 6) is -0.764. The van der Waals surface area contributed by atoms with Gasteiger partial charge in [0.05, 0.1) is 12.8 Å². The Balaban J connectivity index is 0.973. The van der Waals surface area contributed by atoms with E-state index in [1.165, 1.54) is 0 Å². The fourth-order valence-electron chi connectivity index (χ4n) is 9.61. The second kappa shape index (κ2) is 23.7. The molecule has 4 rings (SSSR count). The average Bonchev–Trinajstić information content (AvgIpc) is 3.18. The first kappa shape index (κ1) is 51.5. The van der Waals surface area contributed by atoms with Crippen molar-refractivity contribution in [2.45, 2.75) is 205 Å². The number of unbranched alkanes of at least 4 members (excludes halogenated alkanes) is 8. The number of carbonyl (C=O) groups is 6. The number of rotatable bonds is 20. The Morgan fingerprint density at radius 1 is 0.422 bits per heavy atom. The maximum atomic E-state index is 13.2. The predicted molar refractivity (Wildman–Crippen MR) is 240 cm³/mol. The van der Waals surface area contributed by atoms with Crippen molar-refractivity contribution < 1.29 is 57.5 Å². The van der Waals surface area contributed by atoms with E-state index in [-0.39, 0.29) is 37.0 Å². The van der Waals surface area contributed by atoms with Gasteiger partial charge in [0.25, 0.3) is 0 Å². The first-order valence-corrected chi connectivity index (χ1v) is 23.1. The average molecular weight is 893 g/mol. The van der Waals surface area contributed by atoms with Crippen molar-refractivity contribution in [2.75, 3.05) is 0 Å². The molecule has 2 heterocycles. The Bertz CT molecular complexity index is 1680. The molecule has 2 aliphatic rings. The van der Waals surface area contributed by atoms with Crippen molar-refractivity contribution in [3.63, 3.8) is 0 Å². The lowest BCUT2D eigenvalue weighted by Crippen LogP contribution is -2.65. The maximum absolute atomic E-state index is 13.2.